The fourth-order valence-corrected chi connectivity index (χ4v) is 5.52. The Morgan fingerprint density at radius 3 is 2.26 bits per heavy atom. The van der Waals surface area contributed by atoms with E-state index in [2.05, 4.69) is 5.32 Å². The molecule has 2 aliphatic carbocycles. The largest absolute Gasteiger partial charge is 0.495 e. The zero-order valence-electron chi connectivity index (χ0n) is 19.3. The van der Waals surface area contributed by atoms with Gasteiger partial charge in [0.2, 0.25) is 11.8 Å². The highest BCUT2D eigenvalue weighted by Crippen LogP contribution is 2.53. The molecule has 5 rings (SSSR count). The first-order valence-electron chi connectivity index (χ1n) is 11.7. The van der Waals surface area contributed by atoms with Crippen molar-refractivity contribution in [2.45, 2.75) is 18.9 Å². The molecular formula is C27H26N2O6. The van der Waals surface area contributed by atoms with E-state index in [9.17, 15) is 19.2 Å². The third-order valence-corrected chi connectivity index (χ3v) is 7.09. The second kappa shape index (κ2) is 9.37. The molecule has 2 aromatic carbocycles. The first-order chi connectivity index (χ1) is 17.0. The number of carbonyl (C=O) groups excluding carboxylic acids is 4. The Morgan fingerprint density at radius 2 is 1.60 bits per heavy atom. The van der Waals surface area contributed by atoms with Gasteiger partial charge in [-0.2, -0.15) is 0 Å². The number of hydrogen-bond acceptors (Lipinski definition) is 6. The average Bonchev–Trinajstić information content (AvgIpc) is 3.56. The number of nitrogens with one attached hydrogen (secondary N) is 1. The summed E-state index contributed by atoms with van der Waals surface area (Å²) in [7, 11) is 1.49. The Morgan fingerprint density at radius 1 is 0.971 bits per heavy atom. The van der Waals surface area contributed by atoms with Gasteiger partial charge in [0.25, 0.3) is 5.91 Å². The number of carbonyl (C=O) groups is 4. The van der Waals surface area contributed by atoms with Crippen molar-refractivity contribution in [2.75, 3.05) is 19.0 Å². The van der Waals surface area contributed by atoms with E-state index in [1.165, 1.54) is 7.11 Å². The van der Waals surface area contributed by atoms with Gasteiger partial charge in [-0.1, -0.05) is 54.6 Å². The molecule has 35 heavy (non-hydrogen) atoms. The van der Waals surface area contributed by atoms with Gasteiger partial charge < -0.3 is 14.8 Å². The number of amides is 3. The molecule has 8 heteroatoms. The van der Waals surface area contributed by atoms with Crippen molar-refractivity contribution in [3.63, 3.8) is 0 Å². The number of nitrogens with zero attached hydrogens (tertiary/aromatic N) is 1. The predicted octanol–water partition coefficient (Wildman–Crippen LogP) is 2.60. The molecule has 1 saturated carbocycles. The molecule has 1 aliphatic heterocycles. The minimum Gasteiger partial charge on any atom is -0.495 e. The number of para-hydroxylation sites is 2. The molecule has 1 heterocycles. The number of methoxy groups -OCH3 is 1. The molecule has 0 radical (unpaired) electrons. The standard InChI is InChI=1S/C27H26N2O6/c1-34-21-10-6-5-9-19(21)28-22(30)15-35-27(33)20(13-16-7-3-2-4-8-16)29-25(31)23-17-11-12-18(14-17)24(23)26(29)32/h2-12,17-18,20,23-24H,13-15H2,1H3,(H,28,30)/t17-,18-,20-,23+,24+/m0/s1. The summed E-state index contributed by atoms with van der Waals surface area (Å²) in [6, 6.07) is 14.9. The maximum Gasteiger partial charge on any atom is 0.330 e. The summed E-state index contributed by atoms with van der Waals surface area (Å²) < 4.78 is 10.5. The van der Waals surface area contributed by atoms with Crippen LogP contribution < -0.4 is 10.1 Å². The number of hydrogen-bond donors (Lipinski definition) is 1. The summed E-state index contributed by atoms with van der Waals surface area (Å²) in [4.78, 5) is 53.5. The van der Waals surface area contributed by atoms with Crippen LogP contribution in [0.5, 0.6) is 5.75 Å². The molecule has 1 saturated heterocycles. The molecule has 0 unspecified atom stereocenters. The van der Waals surface area contributed by atoms with E-state index < -0.39 is 36.4 Å². The number of esters is 1. The van der Waals surface area contributed by atoms with E-state index in [1.54, 1.807) is 24.3 Å². The van der Waals surface area contributed by atoms with Crippen LogP contribution in [-0.2, 0) is 30.3 Å². The minimum atomic E-state index is -1.14. The lowest BCUT2D eigenvalue weighted by molar-refractivity contribution is -0.160. The first-order valence-corrected chi connectivity index (χ1v) is 11.7. The van der Waals surface area contributed by atoms with Crippen LogP contribution in [-0.4, -0.2) is 48.3 Å². The summed E-state index contributed by atoms with van der Waals surface area (Å²) in [5, 5.41) is 2.65. The molecule has 180 valence electrons. The third-order valence-electron chi connectivity index (χ3n) is 7.09. The molecule has 1 N–H and O–H groups in total. The fraction of sp³-hybridized carbons (Fsp3) is 0.333. The summed E-state index contributed by atoms with van der Waals surface area (Å²) in [6.07, 6.45) is 4.94. The van der Waals surface area contributed by atoms with Gasteiger partial charge in [-0.05, 0) is 36.0 Å². The third kappa shape index (κ3) is 4.20. The zero-order valence-corrected chi connectivity index (χ0v) is 19.3. The molecule has 2 fully saturated rings. The second-order valence-corrected chi connectivity index (χ2v) is 9.11. The van der Waals surface area contributed by atoms with Gasteiger partial charge in [0, 0.05) is 6.42 Å². The van der Waals surface area contributed by atoms with Crippen molar-refractivity contribution >= 4 is 29.4 Å². The van der Waals surface area contributed by atoms with Gasteiger partial charge in [0.15, 0.2) is 6.61 Å². The number of benzene rings is 2. The van der Waals surface area contributed by atoms with Crippen molar-refractivity contribution in [1.82, 2.24) is 4.90 Å². The Labute approximate surface area is 202 Å². The minimum absolute atomic E-state index is 0.0338. The molecule has 2 bridgehead atoms. The van der Waals surface area contributed by atoms with E-state index >= 15 is 0 Å². The lowest BCUT2D eigenvalue weighted by Crippen LogP contribution is -2.48. The Bertz CT molecular complexity index is 1160. The van der Waals surface area contributed by atoms with E-state index in [0.717, 1.165) is 16.9 Å². The highest BCUT2D eigenvalue weighted by molar-refractivity contribution is 6.09. The summed E-state index contributed by atoms with van der Waals surface area (Å²) in [5.74, 6) is -2.29. The van der Waals surface area contributed by atoms with Gasteiger partial charge in [-0.25, -0.2) is 4.79 Å². The maximum absolute atomic E-state index is 13.3. The van der Waals surface area contributed by atoms with Crippen LogP contribution in [0.15, 0.2) is 66.7 Å². The highest BCUT2D eigenvalue weighted by Gasteiger charge is 2.61. The van der Waals surface area contributed by atoms with Gasteiger partial charge in [0.05, 0.1) is 24.6 Å². The topological polar surface area (TPSA) is 102 Å². The highest BCUT2D eigenvalue weighted by atomic mass is 16.5. The van der Waals surface area contributed by atoms with Crippen molar-refractivity contribution in [3.8, 4) is 5.75 Å². The molecule has 0 spiro atoms. The van der Waals surface area contributed by atoms with E-state index in [-0.39, 0.29) is 30.1 Å². The normalized spacial score (nSPS) is 24.9. The quantitative estimate of drug-likeness (QED) is 0.359. The monoisotopic (exact) mass is 474 g/mol. The van der Waals surface area contributed by atoms with Crippen LogP contribution in [0.25, 0.3) is 0 Å². The number of fused-ring (bicyclic) bond motifs is 5. The molecule has 0 aromatic heterocycles. The van der Waals surface area contributed by atoms with E-state index in [0.29, 0.717) is 11.4 Å². The molecular weight excluding hydrogens is 448 g/mol. The predicted molar refractivity (Wildman–Crippen MR) is 126 cm³/mol. The average molecular weight is 475 g/mol. The van der Waals surface area contributed by atoms with Crippen molar-refractivity contribution in [2.24, 2.45) is 23.7 Å². The second-order valence-electron chi connectivity index (χ2n) is 9.11. The molecule has 8 nitrogen and oxygen atoms in total. The zero-order chi connectivity index (χ0) is 24.5. The Kier molecular flexibility index (Phi) is 6.11. The summed E-state index contributed by atoms with van der Waals surface area (Å²) in [5.41, 5.74) is 1.23. The van der Waals surface area contributed by atoms with Gasteiger partial charge in [0.1, 0.15) is 11.8 Å². The number of imide groups is 1. The van der Waals surface area contributed by atoms with Crippen LogP contribution >= 0.6 is 0 Å². The molecule has 3 amide bonds. The first kappa shape index (κ1) is 22.8. The summed E-state index contributed by atoms with van der Waals surface area (Å²) >= 11 is 0. The van der Waals surface area contributed by atoms with Gasteiger partial charge >= 0.3 is 5.97 Å². The lowest BCUT2D eigenvalue weighted by Gasteiger charge is -2.26. The fourth-order valence-electron chi connectivity index (χ4n) is 5.52. The van der Waals surface area contributed by atoms with Crippen LogP contribution in [0.2, 0.25) is 0 Å². The van der Waals surface area contributed by atoms with Crippen LogP contribution in [0.1, 0.15) is 12.0 Å². The molecule has 2 aromatic rings. The molecule has 3 aliphatic rings. The number of likely N-dealkylation sites (tertiary alicyclic amines) is 1. The Balaban J connectivity index is 1.32. The van der Waals surface area contributed by atoms with Crippen LogP contribution in [0.3, 0.4) is 0 Å². The SMILES string of the molecule is COc1ccccc1NC(=O)COC(=O)[C@H](Cc1ccccc1)N1C(=O)[C@H]2[C@H](C1=O)[C@H]1C=C[C@H]2C1. The van der Waals surface area contributed by atoms with Crippen molar-refractivity contribution in [1.29, 1.82) is 0 Å². The lowest BCUT2D eigenvalue weighted by atomic mass is 9.85. The number of ether oxygens (including phenoxy) is 2. The van der Waals surface area contributed by atoms with Crippen LogP contribution in [0, 0.1) is 23.7 Å². The van der Waals surface area contributed by atoms with Gasteiger partial charge in [-0.3, -0.25) is 19.3 Å². The number of anilines is 1. The van der Waals surface area contributed by atoms with E-state index in [1.807, 2.05) is 42.5 Å². The Hall–Kier alpha value is -3.94. The van der Waals surface area contributed by atoms with E-state index in [4.69, 9.17) is 9.47 Å². The maximum atomic E-state index is 13.3. The van der Waals surface area contributed by atoms with Crippen molar-refractivity contribution in [3.05, 3.63) is 72.3 Å². The number of allylic oxidation sites excluding steroid dienone is 2. The van der Waals surface area contributed by atoms with Crippen molar-refractivity contribution < 1.29 is 28.7 Å². The smallest absolute Gasteiger partial charge is 0.330 e. The van der Waals surface area contributed by atoms with Gasteiger partial charge in [-0.15, -0.1) is 0 Å². The molecule has 5 atom stereocenters. The number of rotatable bonds is 8. The summed E-state index contributed by atoms with van der Waals surface area (Å²) in [6.45, 7) is -0.557. The van der Waals surface area contributed by atoms with Crippen LogP contribution in [0.4, 0.5) is 5.69 Å².